The summed E-state index contributed by atoms with van der Waals surface area (Å²) in [5, 5.41) is 0. The van der Waals surface area contributed by atoms with Crippen molar-refractivity contribution in [1.29, 1.82) is 0 Å². The Labute approximate surface area is 129 Å². The fourth-order valence-electron chi connectivity index (χ4n) is 2.95. The molecule has 1 aromatic carbocycles. The van der Waals surface area contributed by atoms with Crippen LogP contribution in [0.1, 0.15) is 24.8 Å². The first kappa shape index (κ1) is 15.2. The van der Waals surface area contributed by atoms with Crippen molar-refractivity contribution in [3.8, 4) is 0 Å². The molecule has 0 saturated carbocycles. The van der Waals surface area contributed by atoms with Crippen LogP contribution in [0.15, 0.2) is 30.3 Å². The van der Waals surface area contributed by atoms with E-state index in [4.69, 9.17) is 9.47 Å². The summed E-state index contributed by atoms with van der Waals surface area (Å²) >= 11 is 0. The molecular formula is C17H20FNO3. The van der Waals surface area contributed by atoms with Crippen molar-refractivity contribution in [2.75, 3.05) is 19.8 Å². The molecule has 2 aliphatic rings. The number of nitrogens with zero attached hydrogens (tertiary/aromatic N) is 1. The van der Waals surface area contributed by atoms with Crippen LogP contribution in [0.3, 0.4) is 0 Å². The van der Waals surface area contributed by atoms with E-state index in [1.165, 1.54) is 12.1 Å². The van der Waals surface area contributed by atoms with Crippen LogP contribution in [0.4, 0.5) is 4.39 Å². The molecule has 2 saturated heterocycles. The van der Waals surface area contributed by atoms with Gasteiger partial charge in [0.15, 0.2) is 6.29 Å². The van der Waals surface area contributed by atoms with Gasteiger partial charge in [-0.1, -0.05) is 12.1 Å². The van der Waals surface area contributed by atoms with Gasteiger partial charge >= 0.3 is 0 Å². The Bertz CT molecular complexity index is 537. The molecule has 2 aliphatic heterocycles. The van der Waals surface area contributed by atoms with Crippen molar-refractivity contribution in [1.82, 2.24) is 4.90 Å². The Morgan fingerprint density at radius 1 is 1.18 bits per heavy atom. The molecule has 0 aliphatic carbocycles. The van der Waals surface area contributed by atoms with Crippen molar-refractivity contribution >= 4 is 12.0 Å². The summed E-state index contributed by atoms with van der Waals surface area (Å²) in [5.41, 5.74) is 0.802. The maximum Gasteiger partial charge on any atom is 0.246 e. The lowest BCUT2D eigenvalue weighted by Crippen LogP contribution is -2.49. The van der Waals surface area contributed by atoms with Crippen LogP contribution in [0.5, 0.6) is 0 Å². The van der Waals surface area contributed by atoms with Gasteiger partial charge in [-0.25, -0.2) is 4.39 Å². The van der Waals surface area contributed by atoms with Gasteiger partial charge in [-0.2, -0.15) is 0 Å². The number of rotatable bonds is 3. The molecule has 22 heavy (non-hydrogen) atoms. The van der Waals surface area contributed by atoms with Gasteiger partial charge in [0.2, 0.25) is 5.91 Å². The molecule has 1 amide bonds. The number of carbonyl (C=O) groups is 1. The summed E-state index contributed by atoms with van der Waals surface area (Å²) < 4.78 is 24.0. The van der Waals surface area contributed by atoms with Gasteiger partial charge < -0.3 is 14.4 Å². The van der Waals surface area contributed by atoms with E-state index >= 15 is 0 Å². The SMILES string of the molecule is O=C(/C=C/c1ccc(F)cc1)N1CCCCC1C1OCCO1. The Kier molecular flexibility index (Phi) is 4.85. The Morgan fingerprint density at radius 2 is 1.91 bits per heavy atom. The zero-order valence-corrected chi connectivity index (χ0v) is 12.4. The maximum absolute atomic E-state index is 12.9. The molecule has 0 bridgehead atoms. The molecular weight excluding hydrogens is 285 g/mol. The van der Waals surface area contributed by atoms with Crippen molar-refractivity contribution in [3.05, 3.63) is 41.7 Å². The van der Waals surface area contributed by atoms with Gasteiger partial charge in [0, 0.05) is 12.6 Å². The van der Waals surface area contributed by atoms with E-state index < -0.39 is 0 Å². The third kappa shape index (κ3) is 3.54. The van der Waals surface area contributed by atoms with E-state index in [0.29, 0.717) is 13.2 Å². The van der Waals surface area contributed by atoms with Crippen LogP contribution in [0.2, 0.25) is 0 Å². The third-order valence-corrected chi connectivity index (χ3v) is 4.08. The van der Waals surface area contributed by atoms with E-state index in [1.807, 2.05) is 4.90 Å². The normalized spacial score (nSPS) is 23.3. The topological polar surface area (TPSA) is 38.8 Å². The second-order valence-corrected chi connectivity index (χ2v) is 5.59. The minimum Gasteiger partial charge on any atom is -0.348 e. The summed E-state index contributed by atoms with van der Waals surface area (Å²) in [5.74, 6) is -0.330. The average molecular weight is 305 g/mol. The highest BCUT2D eigenvalue weighted by Crippen LogP contribution is 2.24. The van der Waals surface area contributed by atoms with Gasteiger partial charge in [-0.05, 0) is 43.0 Å². The number of amides is 1. The molecule has 1 atom stereocenters. The second-order valence-electron chi connectivity index (χ2n) is 5.59. The van der Waals surface area contributed by atoms with Crippen molar-refractivity contribution in [2.45, 2.75) is 31.6 Å². The molecule has 0 N–H and O–H groups in total. The zero-order chi connectivity index (χ0) is 15.4. The number of ether oxygens (including phenoxy) is 2. The molecule has 0 radical (unpaired) electrons. The lowest BCUT2D eigenvalue weighted by atomic mass is 10.0. The standard InChI is InChI=1S/C17H20FNO3/c18-14-7-4-13(5-8-14)6-9-16(20)19-10-2-1-3-15(19)17-21-11-12-22-17/h4-9,15,17H,1-3,10-12H2/b9-6+. The first-order valence-corrected chi connectivity index (χ1v) is 7.71. The van der Waals surface area contributed by atoms with Crippen molar-refractivity contribution in [2.24, 2.45) is 0 Å². The molecule has 5 heteroatoms. The van der Waals surface area contributed by atoms with Crippen LogP contribution >= 0.6 is 0 Å². The van der Waals surface area contributed by atoms with E-state index in [2.05, 4.69) is 0 Å². The van der Waals surface area contributed by atoms with Crippen LogP contribution in [-0.4, -0.2) is 42.9 Å². The molecule has 0 spiro atoms. The van der Waals surface area contributed by atoms with E-state index in [-0.39, 0.29) is 24.1 Å². The largest absolute Gasteiger partial charge is 0.348 e. The number of likely N-dealkylation sites (tertiary alicyclic amines) is 1. The number of hydrogen-bond acceptors (Lipinski definition) is 3. The average Bonchev–Trinajstić information content (AvgIpc) is 3.08. The summed E-state index contributed by atoms with van der Waals surface area (Å²) in [6.45, 7) is 1.91. The van der Waals surface area contributed by atoms with Gasteiger partial charge in [0.25, 0.3) is 0 Å². The smallest absolute Gasteiger partial charge is 0.246 e. The predicted molar refractivity (Wildman–Crippen MR) is 80.5 cm³/mol. The minimum absolute atomic E-state index is 0.0124. The highest BCUT2D eigenvalue weighted by atomic mass is 19.1. The Morgan fingerprint density at radius 3 is 2.64 bits per heavy atom. The molecule has 3 rings (SSSR count). The monoisotopic (exact) mass is 305 g/mol. The van der Waals surface area contributed by atoms with E-state index in [0.717, 1.165) is 31.4 Å². The quantitative estimate of drug-likeness (QED) is 0.806. The van der Waals surface area contributed by atoms with Gasteiger partial charge in [-0.3, -0.25) is 4.79 Å². The van der Waals surface area contributed by atoms with Gasteiger partial charge in [-0.15, -0.1) is 0 Å². The summed E-state index contributed by atoms with van der Waals surface area (Å²) in [4.78, 5) is 14.3. The van der Waals surface area contributed by atoms with Gasteiger partial charge in [0.05, 0.1) is 19.3 Å². The van der Waals surface area contributed by atoms with Crippen LogP contribution < -0.4 is 0 Å². The molecule has 2 heterocycles. The fraction of sp³-hybridized carbons (Fsp3) is 0.471. The maximum atomic E-state index is 12.9. The number of benzene rings is 1. The van der Waals surface area contributed by atoms with Crippen LogP contribution in [0, 0.1) is 5.82 Å². The van der Waals surface area contributed by atoms with Crippen LogP contribution in [-0.2, 0) is 14.3 Å². The highest BCUT2D eigenvalue weighted by molar-refractivity contribution is 5.92. The van der Waals surface area contributed by atoms with E-state index in [1.54, 1.807) is 24.3 Å². The zero-order valence-electron chi connectivity index (χ0n) is 12.4. The summed E-state index contributed by atoms with van der Waals surface area (Å²) in [6, 6.07) is 6.05. The summed E-state index contributed by atoms with van der Waals surface area (Å²) in [7, 11) is 0. The number of carbonyl (C=O) groups excluding carboxylic acids is 1. The number of piperidine rings is 1. The molecule has 4 nitrogen and oxygen atoms in total. The lowest BCUT2D eigenvalue weighted by Gasteiger charge is -2.37. The van der Waals surface area contributed by atoms with E-state index in [9.17, 15) is 9.18 Å². The van der Waals surface area contributed by atoms with Gasteiger partial charge in [0.1, 0.15) is 5.82 Å². The first-order valence-electron chi connectivity index (χ1n) is 7.71. The molecule has 2 fully saturated rings. The first-order chi connectivity index (χ1) is 10.7. The molecule has 118 valence electrons. The Balaban J connectivity index is 1.67. The summed E-state index contributed by atoms with van der Waals surface area (Å²) in [6.07, 6.45) is 5.94. The molecule has 1 aromatic rings. The molecule has 0 aromatic heterocycles. The number of halogens is 1. The predicted octanol–water partition coefficient (Wildman–Crippen LogP) is 2.59. The van der Waals surface area contributed by atoms with Crippen molar-refractivity contribution < 1.29 is 18.7 Å². The molecule has 1 unspecified atom stereocenters. The highest BCUT2D eigenvalue weighted by Gasteiger charge is 2.35. The van der Waals surface area contributed by atoms with Crippen molar-refractivity contribution in [3.63, 3.8) is 0 Å². The lowest BCUT2D eigenvalue weighted by molar-refractivity contribution is -0.145. The second kappa shape index (κ2) is 7.03. The Hall–Kier alpha value is -1.72. The fourth-order valence-corrected chi connectivity index (χ4v) is 2.95. The third-order valence-electron chi connectivity index (χ3n) is 4.08. The van der Waals surface area contributed by atoms with Crippen LogP contribution in [0.25, 0.3) is 6.08 Å². The number of hydrogen-bond donors (Lipinski definition) is 0. The minimum atomic E-state index is -0.302.